The van der Waals surface area contributed by atoms with Gasteiger partial charge in [-0.2, -0.15) is 9.97 Å². The SMILES string of the molecule is Nc1nc(NCc2ccc(-c3cccs3)cc2)c2nc(C3CCCC(N)C3)n(C3CCCC3)c2n1. The van der Waals surface area contributed by atoms with E-state index in [2.05, 4.69) is 56.6 Å². The van der Waals surface area contributed by atoms with E-state index in [9.17, 15) is 0 Å². The van der Waals surface area contributed by atoms with Gasteiger partial charge >= 0.3 is 0 Å². The van der Waals surface area contributed by atoms with Gasteiger partial charge in [0.15, 0.2) is 17.0 Å². The van der Waals surface area contributed by atoms with Gasteiger partial charge in [-0.3, -0.25) is 0 Å². The molecule has 5 N–H and O–H groups in total. The zero-order valence-electron chi connectivity index (χ0n) is 20.0. The molecule has 2 aliphatic carbocycles. The van der Waals surface area contributed by atoms with Gasteiger partial charge in [-0.05, 0) is 54.7 Å². The molecule has 0 radical (unpaired) electrons. The van der Waals surface area contributed by atoms with Gasteiger partial charge in [0, 0.05) is 29.4 Å². The van der Waals surface area contributed by atoms with E-state index in [4.69, 9.17) is 21.4 Å². The van der Waals surface area contributed by atoms with Crippen LogP contribution >= 0.6 is 11.3 Å². The van der Waals surface area contributed by atoms with E-state index in [1.807, 2.05) is 0 Å². The number of nitrogens with zero attached hydrogens (tertiary/aromatic N) is 4. The number of nitrogens with one attached hydrogen (secondary N) is 1. The van der Waals surface area contributed by atoms with Gasteiger partial charge in [0.1, 0.15) is 5.82 Å². The molecule has 8 heteroatoms. The second kappa shape index (κ2) is 9.59. The van der Waals surface area contributed by atoms with Crippen molar-refractivity contribution in [2.45, 2.75) is 75.9 Å². The number of imidazole rings is 1. The summed E-state index contributed by atoms with van der Waals surface area (Å²) in [5, 5.41) is 5.62. The van der Waals surface area contributed by atoms with Crippen molar-refractivity contribution in [3.05, 3.63) is 53.2 Å². The number of nitrogens with two attached hydrogens (primary N) is 2. The largest absolute Gasteiger partial charge is 0.368 e. The molecule has 4 aromatic rings. The first-order chi connectivity index (χ1) is 17.2. The maximum absolute atomic E-state index is 6.37. The smallest absolute Gasteiger partial charge is 0.224 e. The van der Waals surface area contributed by atoms with Crippen LogP contribution in [-0.4, -0.2) is 25.6 Å². The molecule has 182 valence electrons. The Labute approximate surface area is 210 Å². The van der Waals surface area contributed by atoms with E-state index in [1.54, 1.807) is 11.3 Å². The molecule has 2 saturated carbocycles. The molecule has 6 rings (SSSR count). The summed E-state index contributed by atoms with van der Waals surface area (Å²) < 4.78 is 2.39. The van der Waals surface area contributed by atoms with Crippen LogP contribution in [0.1, 0.15) is 74.7 Å². The second-order valence-electron chi connectivity index (χ2n) is 10.0. The van der Waals surface area contributed by atoms with Crippen molar-refractivity contribution in [2.24, 2.45) is 5.73 Å². The van der Waals surface area contributed by atoms with E-state index >= 15 is 0 Å². The van der Waals surface area contributed by atoms with Gasteiger partial charge in [-0.15, -0.1) is 11.3 Å². The number of aromatic nitrogens is 4. The molecule has 0 aliphatic heterocycles. The predicted octanol–water partition coefficient (Wildman–Crippen LogP) is 5.85. The minimum atomic E-state index is 0.247. The van der Waals surface area contributed by atoms with Crippen LogP contribution in [0.3, 0.4) is 0 Å². The minimum absolute atomic E-state index is 0.247. The Hall–Kier alpha value is -2.97. The first-order valence-corrected chi connectivity index (χ1v) is 13.7. The summed E-state index contributed by atoms with van der Waals surface area (Å²) in [6.07, 6.45) is 9.21. The van der Waals surface area contributed by atoms with Crippen molar-refractivity contribution < 1.29 is 0 Å². The zero-order chi connectivity index (χ0) is 23.8. The summed E-state index contributed by atoms with van der Waals surface area (Å²) in [4.78, 5) is 15.7. The average molecular weight is 488 g/mol. The van der Waals surface area contributed by atoms with E-state index in [1.165, 1.54) is 41.7 Å². The van der Waals surface area contributed by atoms with E-state index in [0.29, 0.717) is 30.3 Å². The number of nitrogen functional groups attached to an aromatic ring is 1. The lowest BCUT2D eigenvalue weighted by Gasteiger charge is -2.28. The monoisotopic (exact) mass is 487 g/mol. The van der Waals surface area contributed by atoms with Crippen LogP contribution < -0.4 is 16.8 Å². The van der Waals surface area contributed by atoms with E-state index in [-0.39, 0.29) is 6.04 Å². The number of hydrogen-bond acceptors (Lipinski definition) is 7. The molecule has 35 heavy (non-hydrogen) atoms. The Kier molecular flexibility index (Phi) is 6.16. The van der Waals surface area contributed by atoms with Crippen LogP contribution in [-0.2, 0) is 6.54 Å². The van der Waals surface area contributed by atoms with E-state index < -0.39 is 0 Å². The Morgan fingerprint density at radius 1 is 0.971 bits per heavy atom. The van der Waals surface area contributed by atoms with Crippen molar-refractivity contribution in [1.29, 1.82) is 0 Å². The van der Waals surface area contributed by atoms with Crippen LogP contribution in [0.15, 0.2) is 41.8 Å². The molecule has 0 bridgehead atoms. The van der Waals surface area contributed by atoms with Crippen molar-refractivity contribution in [2.75, 3.05) is 11.1 Å². The molecule has 0 amide bonds. The third-order valence-corrected chi connectivity index (χ3v) is 8.49. The molecule has 3 heterocycles. The molecule has 2 fully saturated rings. The quantitative estimate of drug-likeness (QED) is 0.315. The van der Waals surface area contributed by atoms with Crippen LogP contribution in [0.4, 0.5) is 11.8 Å². The van der Waals surface area contributed by atoms with Crippen molar-refractivity contribution in [1.82, 2.24) is 19.5 Å². The highest BCUT2D eigenvalue weighted by molar-refractivity contribution is 7.13. The summed E-state index contributed by atoms with van der Waals surface area (Å²) in [6, 6.07) is 13.6. The lowest BCUT2D eigenvalue weighted by Crippen LogP contribution is -2.28. The van der Waals surface area contributed by atoms with Crippen LogP contribution in [0.5, 0.6) is 0 Å². The van der Waals surface area contributed by atoms with Crippen LogP contribution in [0.25, 0.3) is 21.6 Å². The molecular weight excluding hydrogens is 454 g/mol. The number of benzene rings is 1. The third kappa shape index (κ3) is 4.52. The standard InChI is InChI=1S/C27H33N7S/c28-20-6-3-5-19(15-20)25-31-23-24(32-27(29)33-26(23)34(25)21-7-1-2-8-21)30-16-17-10-12-18(13-11-17)22-9-4-14-35-22/h4,9-14,19-21H,1-3,5-8,15-16,28H2,(H3,29,30,32,33). The van der Waals surface area contributed by atoms with E-state index in [0.717, 1.165) is 42.7 Å². The van der Waals surface area contributed by atoms with Gasteiger partial charge in [0.2, 0.25) is 5.95 Å². The topological polar surface area (TPSA) is 108 Å². The van der Waals surface area contributed by atoms with Gasteiger partial charge in [-0.1, -0.05) is 49.6 Å². The molecule has 2 atom stereocenters. The Balaban J connectivity index is 1.33. The summed E-state index contributed by atoms with van der Waals surface area (Å²) in [7, 11) is 0. The molecule has 2 unspecified atom stereocenters. The predicted molar refractivity (Wildman–Crippen MR) is 144 cm³/mol. The van der Waals surface area contributed by atoms with Crippen molar-refractivity contribution >= 4 is 34.3 Å². The third-order valence-electron chi connectivity index (χ3n) is 7.57. The van der Waals surface area contributed by atoms with Gasteiger partial charge in [0.25, 0.3) is 0 Å². The molecule has 1 aromatic carbocycles. The Morgan fingerprint density at radius 2 is 1.80 bits per heavy atom. The highest BCUT2D eigenvalue weighted by Gasteiger charge is 2.31. The second-order valence-corrected chi connectivity index (χ2v) is 11.0. The highest BCUT2D eigenvalue weighted by Crippen LogP contribution is 2.40. The number of thiophene rings is 1. The molecule has 3 aromatic heterocycles. The average Bonchev–Trinajstić information content (AvgIpc) is 3.64. The fraction of sp³-hybridized carbons (Fsp3) is 0.444. The summed E-state index contributed by atoms with van der Waals surface area (Å²) in [6.45, 7) is 0.649. The number of hydrogen-bond donors (Lipinski definition) is 3. The normalized spacial score (nSPS) is 21.1. The summed E-state index contributed by atoms with van der Waals surface area (Å²) >= 11 is 1.76. The summed E-state index contributed by atoms with van der Waals surface area (Å²) in [5.41, 5.74) is 16.7. The van der Waals surface area contributed by atoms with Crippen LogP contribution in [0, 0.1) is 0 Å². The number of anilines is 2. The molecule has 0 spiro atoms. The lowest BCUT2D eigenvalue weighted by atomic mass is 9.85. The Bertz CT molecular complexity index is 1290. The van der Waals surface area contributed by atoms with Crippen molar-refractivity contribution in [3.63, 3.8) is 0 Å². The fourth-order valence-corrected chi connectivity index (χ4v) is 6.55. The zero-order valence-corrected chi connectivity index (χ0v) is 20.8. The summed E-state index contributed by atoms with van der Waals surface area (Å²) in [5.74, 6) is 2.50. The highest BCUT2D eigenvalue weighted by atomic mass is 32.1. The van der Waals surface area contributed by atoms with Crippen LogP contribution in [0.2, 0.25) is 0 Å². The maximum atomic E-state index is 6.37. The number of rotatable bonds is 6. The minimum Gasteiger partial charge on any atom is -0.368 e. The lowest BCUT2D eigenvalue weighted by molar-refractivity contribution is 0.364. The first-order valence-electron chi connectivity index (χ1n) is 12.8. The molecule has 0 saturated heterocycles. The molecule has 7 nitrogen and oxygen atoms in total. The Morgan fingerprint density at radius 3 is 2.54 bits per heavy atom. The van der Waals surface area contributed by atoms with Gasteiger partial charge in [-0.25, -0.2) is 4.98 Å². The number of fused-ring (bicyclic) bond motifs is 1. The van der Waals surface area contributed by atoms with Gasteiger partial charge in [0.05, 0.1) is 0 Å². The molecular formula is C27H33N7S. The van der Waals surface area contributed by atoms with Gasteiger partial charge < -0.3 is 21.4 Å². The molecule has 2 aliphatic rings. The first kappa shape index (κ1) is 22.5. The fourth-order valence-electron chi connectivity index (χ4n) is 5.82. The maximum Gasteiger partial charge on any atom is 0.224 e. The van der Waals surface area contributed by atoms with Crippen molar-refractivity contribution in [3.8, 4) is 10.4 Å².